The van der Waals surface area contributed by atoms with Gasteiger partial charge in [0.05, 0.1) is 0 Å². The fraction of sp³-hybridized carbons (Fsp3) is 0.562. The Morgan fingerprint density at radius 3 is 2.62 bits per heavy atom. The van der Waals surface area contributed by atoms with Crippen LogP contribution in [0.3, 0.4) is 0 Å². The molecule has 1 aliphatic heterocycles. The Labute approximate surface area is 126 Å². The summed E-state index contributed by atoms with van der Waals surface area (Å²) in [6, 6.07) is 10.1. The molecule has 5 heteroatoms. The second-order valence-corrected chi connectivity index (χ2v) is 5.49. The first-order valence-electron chi connectivity index (χ1n) is 7.74. The lowest BCUT2D eigenvalue weighted by atomic mass is 10.0. The summed E-state index contributed by atoms with van der Waals surface area (Å²) in [4.78, 5) is 12.0. The Bertz CT molecular complexity index is 425. The molecule has 2 rings (SSSR count). The van der Waals surface area contributed by atoms with Gasteiger partial charge in [-0.25, -0.2) is 0 Å². The van der Waals surface area contributed by atoms with Crippen LogP contribution in [0.5, 0.6) is 0 Å². The molecular weight excluding hydrogens is 266 g/mol. The molecule has 0 spiro atoms. The third kappa shape index (κ3) is 5.83. The van der Waals surface area contributed by atoms with E-state index in [1.54, 1.807) is 0 Å². The van der Waals surface area contributed by atoms with E-state index >= 15 is 0 Å². The van der Waals surface area contributed by atoms with Gasteiger partial charge in [0.1, 0.15) is 0 Å². The number of hydroxylamine groups is 2. The van der Waals surface area contributed by atoms with Gasteiger partial charge in [-0.2, -0.15) is 5.06 Å². The van der Waals surface area contributed by atoms with Gasteiger partial charge in [-0.15, -0.1) is 0 Å². The summed E-state index contributed by atoms with van der Waals surface area (Å²) >= 11 is 0. The van der Waals surface area contributed by atoms with Crippen LogP contribution in [-0.2, 0) is 4.79 Å². The molecule has 1 saturated heterocycles. The molecule has 0 radical (unpaired) electrons. The summed E-state index contributed by atoms with van der Waals surface area (Å²) in [6.45, 7) is 2.75. The highest BCUT2D eigenvalue weighted by atomic mass is 16.5. The number of rotatable bonds is 1. The smallest absolute Gasteiger partial charge is 0.221 e. The molecule has 5 nitrogen and oxygen atoms in total. The van der Waals surface area contributed by atoms with Crippen LogP contribution in [0.2, 0.25) is 0 Å². The lowest BCUT2D eigenvalue weighted by molar-refractivity contribution is -0.122. The number of carbonyl (C=O) groups excluding carboxylic acids is 1. The van der Waals surface area contributed by atoms with Gasteiger partial charge in [-0.05, 0) is 31.4 Å². The van der Waals surface area contributed by atoms with Crippen LogP contribution in [0.1, 0.15) is 37.3 Å². The first-order chi connectivity index (χ1) is 10.3. The van der Waals surface area contributed by atoms with Crippen LogP contribution >= 0.6 is 0 Å². The molecule has 1 amide bonds. The predicted molar refractivity (Wildman–Crippen MR) is 82.0 cm³/mol. The lowest BCUT2D eigenvalue weighted by Gasteiger charge is -2.19. The van der Waals surface area contributed by atoms with E-state index in [2.05, 4.69) is 22.8 Å². The molecule has 0 bridgehead atoms. The van der Waals surface area contributed by atoms with Gasteiger partial charge in [-0.3, -0.25) is 4.79 Å². The Morgan fingerprint density at radius 1 is 1.05 bits per heavy atom. The van der Waals surface area contributed by atoms with Crippen LogP contribution in [0, 0.1) is 0 Å². The largest absolute Gasteiger partial charge is 0.356 e. The lowest BCUT2D eigenvalue weighted by Crippen LogP contribution is -2.32. The molecule has 1 fully saturated rings. The third-order valence-electron chi connectivity index (χ3n) is 3.74. The van der Waals surface area contributed by atoms with E-state index in [4.69, 9.17) is 0 Å². The Morgan fingerprint density at radius 2 is 1.81 bits per heavy atom. The van der Waals surface area contributed by atoms with Gasteiger partial charge in [0, 0.05) is 32.1 Å². The summed E-state index contributed by atoms with van der Waals surface area (Å²) < 4.78 is 0. The van der Waals surface area contributed by atoms with E-state index in [-0.39, 0.29) is 11.9 Å². The zero-order chi connectivity index (χ0) is 14.9. The van der Waals surface area contributed by atoms with Crippen LogP contribution in [0.15, 0.2) is 30.3 Å². The molecule has 0 aliphatic carbocycles. The summed E-state index contributed by atoms with van der Waals surface area (Å²) in [5, 5.41) is 17.4. The Balaban J connectivity index is 1.97. The highest BCUT2D eigenvalue weighted by Crippen LogP contribution is 2.16. The summed E-state index contributed by atoms with van der Waals surface area (Å²) in [6.07, 6.45) is 3.16. The normalized spacial score (nSPS) is 23.5. The van der Waals surface area contributed by atoms with E-state index in [1.807, 2.05) is 18.2 Å². The predicted octanol–water partition coefficient (Wildman–Crippen LogP) is 1.70. The van der Waals surface area contributed by atoms with Gasteiger partial charge in [0.2, 0.25) is 5.91 Å². The molecule has 21 heavy (non-hydrogen) atoms. The maximum absolute atomic E-state index is 12.0. The first-order valence-corrected chi connectivity index (χ1v) is 7.74. The van der Waals surface area contributed by atoms with Gasteiger partial charge < -0.3 is 15.8 Å². The van der Waals surface area contributed by atoms with Crippen molar-refractivity contribution >= 4 is 5.91 Å². The van der Waals surface area contributed by atoms with E-state index in [0.717, 1.165) is 31.4 Å². The monoisotopic (exact) mass is 291 g/mol. The van der Waals surface area contributed by atoms with E-state index in [9.17, 15) is 10.0 Å². The molecule has 0 unspecified atom stereocenters. The highest BCUT2D eigenvalue weighted by Gasteiger charge is 2.15. The standard InChI is InChI=1S/C16H25N3O2/c20-16-13-15(14-7-2-1-3-8-14)17-9-4-5-11-19(21)12-6-10-18-16/h1-3,7-8,15,17,21H,4-6,9-13H2,(H,18,20)/t15-/m1/s1. The molecule has 1 heterocycles. The quantitative estimate of drug-likeness (QED) is 0.737. The number of hydrogen-bond acceptors (Lipinski definition) is 4. The van der Waals surface area contributed by atoms with Gasteiger partial charge in [0.25, 0.3) is 0 Å². The molecule has 1 aliphatic rings. The number of nitrogens with zero attached hydrogens (tertiary/aromatic N) is 1. The van der Waals surface area contributed by atoms with Crippen LogP contribution in [-0.4, -0.2) is 42.4 Å². The van der Waals surface area contributed by atoms with Crippen molar-refractivity contribution in [1.82, 2.24) is 15.7 Å². The highest BCUT2D eigenvalue weighted by molar-refractivity contribution is 5.76. The Kier molecular flexibility index (Phi) is 6.66. The van der Waals surface area contributed by atoms with E-state index in [1.165, 1.54) is 5.06 Å². The minimum atomic E-state index is 0.0529. The second kappa shape index (κ2) is 8.77. The van der Waals surface area contributed by atoms with Gasteiger partial charge in [-0.1, -0.05) is 30.3 Å². The average molecular weight is 291 g/mol. The summed E-state index contributed by atoms with van der Waals surface area (Å²) in [7, 11) is 0. The maximum Gasteiger partial charge on any atom is 0.221 e. The number of nitrogens with one attached hydrogen (secondary N) is 2. The molecular formula is C16H25N3O2. The van der Waals surface area contributed by atoms with E-state index < -0.39 is 0 Å². The van der Waals surface area contributed by atoms with Crippen LogP contribution in [0.25, 0.3) is 0 Å². The molecule has 116 valence electrons. The number of benzene rings is 1. The van der Waals surface area contributed by atoms with Gasteiger partial charge >= 0.3 is 0 Å². The molecule has 1 aromatic rings. The summed E-state index contributed by atoms with van der Waals surface area (Å²) in [5.74, 6) is 0.0556. The van der Waals surface area contributed by atoms with Crippen molar-refractivity contribution in [1.29, 1.82) is 0 Å². The number of amides is 1. The number of carbonyl (C=O) groups is 1. The van der Waals surface area contributed by atoms with Crippen molar-refractivity contribution < 1.29 is 10.0 Å². The first kappa shape index (κ1) is 15.9. The molecule has 3 N–H and O–H groups in total. The van der Waals surface area contributed by atoms with Crippen molar-refractivity contribution in [3.05, 3.63) is 35.9 Å². The SMILES string of the molecule is O=C1C[C@H](c2ccccc2)NCCCCN(O)CCCN1. The second-order valence-electron chi connectivity index (χ2n) is 5.49. The minimum absolute atomic E-state index is 0.0529. The molecule has 1 aromatic carbocycles. The molecule has 0 saturated carbocycles. The Hall–Kier alpha value is -1.43. The third-order valence-corrected chi connectivity index (χ3v) is 3.74. The fourth-order valence-corrected chi connectivity index (χ4v) is 2.55. The van der Waals surface area contributed by atoms with Crippen molar-refractivity contribution in [2.75, 3.05) is 26.2 Å². The van der Waals surface area contributed by atoms with Crippen LogP contribution < -0.4 is 10.6 Å². The van der Waals surface area contributed by atoms with Crippen molar-refractivity contribution in [3.63, 3.8) is 0 Å². The average Bonchev–Trinajstić information content (AvgIpc) is 2.52. The zero-order valence-corrected chi connectivity index (χ0v) is 12.4. The van der Waals surface area contributed by atoms with Gasteiger partial charge in [0.15, 0.2) is 0 Å². The van der Waals surface area contributed by atoms with Crippen molar-refractivity contribution in [2.45, 2.75) is 31.7 Å². The molecule has 0 aromatic heterocycles. The maximum atomic E-state index is 12.0. The molecule has 1 atom stereocenters. The summed E-state index contributed by atoms with van der Waals surface area (Å²) in [5.41, 5.74) is 1.14. The zero-order valence-electron chi connectivity index (χ0n) is 12.4. The van der Waals surface area contributed by atoms with Crippen LogP contribution in [0.4, 0.5) is 0 Å². The minimum Gasteiger partial charge on any atom is -0.356 e. The number of hydrogen-bond donors (Lipinski definition) is 3. The van der Waals surface area contributed by atoms with E-state index in [0.29, 0.717) is 26.1 Å². The van der Waals surface area contributed by atoms with Crippen molar-refractivity contribution in [3.8, 4) is 0 Å². The fourth-order valence-electron chi connectivity index (χ4n) is 2.55. The van der Waals surface area contributed by atoms with Crippen molar-refractivity contribution in [2.24, 2.45) is 0 Å². The topological polar surface area (TPSA) is 64.6 Å².